The summed E-state index contributed by atoms with van der Waals surface area (Å²) in [5.74, 6) is 1.05. The number of β-amino-alcohol motifs (C(OH)–C–C–N with tert-alkyl or cyclic N) is 1. The van der Waals surface area contributed by atoms with Crippen LogP contribution < -0.4 is 4.74 Å². The van der Waals surface area contributed by atoms with E-state index in [-0.39, 0.29) is 6.61 Å². The van der Waals surface area contributed by atoms with Crippen LogP contribution in [0.5, 0.6) is 5.75 Å². The van der Waals surface area contributed by atoms with Crippen LogP contribution in [0.3, 0.4) is 0 Å². The van der Waals surface area contributed by atoms with Crippen molar-refractivity contribution < 1.29 is 9.84 Å². The molecule has 1 unspecified atom stereocenters. The van der Waals surface area contributed by atoms with Crippen molar-refractivity contribution in [2.75, 3.05) is 26.2 Å². The number of rotatable bonds is 6. The topological polar surface area (TPSA) is 45.6 Å². The quantitative estimate of drug-likeness (QED) is 0.574. The van der Waals surface area contributed by atoms with E-state index in [1.54, 1.807) is 29.5 Å². The summed E-state index contributed by atoms with van der Waals surface area (Å²) in [6.45, 7) is 2.72. The number of aliphatic hydroxyl groups is 1. The molecule has 0 amide bonds. The predicted octanol–water partition coefficient (Wildman–Crippen LogP) is 5.22. The molecule has 0 saturated carbocycles. The SMILES string of the molecule is OC(COc1ccc(Cl)cc1Cl)CN1CCC(c2nc3ccccc3s2)CC1. The Morgan fingerprint density at radius 3 is 2.71 bits per heavy atom. The number of halogens is 2. The summed E-state index contributed by atoms with van der Waals surface area (Å²) in [7, 11) is 0. The van der Waals surface area contributed by atoms with E-state index >= 15 is 0 Å². The smallest absolute Gasteiger partial charge is 0.138 e. The summed E-state index contributed by atoms with van der Waals surface area (Å²) in [6, 6.07) is 13.4. The Balaban J connectivity index is 1.25. The van der Waals surface area contributed by atoms with Gasteiger partial charge in [-0.3, -0.25) is 0 Å². The van der Waals surface area contributed by atoms with Gasteiger partial charge < -0.3 is 14.7 Å². The summed E-state index contributed by atoms with van der Waals surface area (Å²) in [5.41, 5.74) is 1.10. The number of fused-ring (bicyclic) bond motifs is 1. The number of piperidine rings is 1. The standard InChI is InChI=1S/C21H22Cl2N2O2S/c22-15-5-6-19(17(23)11-15)27-13-16(26)12-25-9-7-14(8-10-25)21-24-18-3-1-2-4-20(18)28-21/h1-6,11,14,16,26H,7-10,12-13H2. The molecule has 1 aliphatic rings. The van der Waals surface area contributed by atoms with Gasteiger partial charge in [0.15, 0.2) is 0 Å². The number of ether oxygens (including phenoxy) is 1. The highest BCUT2D eigenvalue weighted by molar-refractivity contribution is 7.18. The number of hydrogen-bond donors (Lipinski definition) is 1. The summed E-state index contributed by atoms with van der Waals surface area (Å²) in [6.07, 6.45) is 1.57. The van der Waals surface area contributed by atoms with E-state index in [9.17, 15) is 5.11 Å². The molecule has 1 atom stereocenters. The second kappa shape index (κ2) is 8.97. The minimum atomic E-state index is -0.564. The fourth-order valence-corrected chi connectivity index (χ4v) is 5.16. The molecule has 0 radical (unpaired) electrons. The number of benzene rings is 2. The van der Waals surface area contributed by atoms with Crippen molar-refractivity contribution >= 4 is 44.8 Å². The van der Waals surface area contributed by atoms with Crippen LogP contribution in [-0.2, 0) is 0 Å². The minimum Gasteiger partial charge on any atom is -0.489 e. The van der Waals surface area contributed by atoms with Gasteiger partial charge in [0.1, 0.15) is 18.5 Å². The van der Waals surface area contributed by atoms with Crippen molar-refractivity contribution in [1.82, 2.24) is 9.88 Å². The monoisotopic (exact) mass is 436 g/mol. The lowest BCUT2D eigenvalue weighted by Crippen LogP contribution is -2.40. The molecule has 2 aromatic carbocycles. The highest BCUT2D eigenvalue weighted by atomic mass is 35.5. The summed E-state index contributed by atoms with van der Waals surface area (Å²) < 4.78 is 6.90. The molecule has 1 saturated heterocycles. The first kappa shape index (κ1) is 19.9. The van der Waals surface area contributed by atoms with Crippen LogP contribution in [-0.4, -0.2) is 47.3 Å². The Labute approximate surface area is 178 Å². The molecular weight excluding hydrogens is 415 g/mol. The van der Waals surface area contributed by atoms with Gasteiger partial charge >= 0.3 is 0 Å². The van der Waals surface area contributed by atoms with Gasteiger partial charge in [-0.25, -0.2) is 4.98 Å². The van der Waals surface area contributed by atoms with Crippen LogP contribution in [0, 0.1) is 0 Å². The molecule has 1 aliphatic heterocycles. The Hall–Kier alpha value is -1.37. The maximum Gasteiger partial charge on any atom is 0.138 e. The summed E-state index contributed by atoms with van der Waals surface area (Å²) in [5, 5.41) is 12.6. The van der Waals surface area contributed by atoms with Crippen LogP contribution in [0.25, 0.3) is 10.2 Å². The van der Waals surface area contributed by atoms with E-state index < -0.39 is 6.10 Å². The maximum atomic E-state index is 10.3. The summed E-state index contributed by atoms with van der Waals surface area (Å²) >= 11 is 13.8. The van der Waals surface area contributed by atoms with Gasteiger partial charge in [-0.1, -0.05) is 35.3 Å². The van der Waals surface area contributed by atoms with Crippen LogP contribution in [0.4, 0.5) is 0 Å². The maximum absolute atomic E-state index is 10.3. The number of hydrogen-bond acceptors (Lipinski definition) is 5. The highest BCUT2D eigenvalue weighted by Crippen LogP contribution is 2.34. The fourth-order valence-electron chi connectivity index (χ4n) is 3.56. The first-order chi connectivity index (χ1) is 13.6. The van der Waals surface area contributed by atoms with E-state index in [0.29, 0.717) is 28.3 Å². The van der Waals surface area contributed by atoms with E-state index in [4.69, 9.17) is 32.9 Å². The van der Waals surface area contributed by atoms with Crippen molar-refractivity contribution in [2.24, 2.45) is 0 Å². The Kier molecular flexibility index (Phi) is 6.38. The lowest BCUT2D eigenvalue weighted by atomic mass is 9.97. The lowest BCUT2D eigenvalue weighted by Gasteiger charge is -2.32. The molecule has 0 spiro atoms. The van der Waals surface area contributed by atoms with Crippen molar-refractivity contribution in [3.63, 3.8) is 0 Å². The first-order valence-electron chi connectivity index (χ1n) is 9.42. The molecule has 0 bridgehead atoms. The zero-order chi connectivity index (χ0) is 19.5. The third kappa shape index (κ3) is 4.78. The number of nitrogens with zero attached hydrogens (tertiary/aromatic N) is 2. The number of thiazole rings is 1. The first-order valence-corrected chi connectivity index (χ1v) is 11.0. The van der Waals surface area contributed by atoms with Crippen LogP contribution >= 0.6 is 34.5 Å². The number of para-hydroxylation sites is 1. The third-order valence-corrected chi connectivity index (χ3v) is 6.77. The molecule has 2 heterocycles. The number of aliphatic hydroxyl groups excluding tert-OH is 1. The third-order valence-electron chi connectivity index (χ3n) is 5.04. The largest absolute Gasteiger partial charge is 0.489 e. The zero-order valence-electron chi connectivity index (χ0n) is 15.4. The van der Waals surface area contributed by atoms with E-state index in [0.717, 1.165) is 31.4 Å². The van der Waals surface area contributed by atoms with Crippen molar-refractivity contribution in [3.8, 4) is 5.75 Å². The normalized spacial score (nSPS) is 17.1. The molecule has 148 valence electrons. The molecule has 28 heavy (non-hydrogen) atoms. The Bertz CT molecular complexity index is 908. The molecule has 0 aliphatic carbocycles. The Morgan fingerprint density at radius 1 is 1.18 bits per heavy atom. The molecule has 7 heteroatoms. The van der Waals surface area contributed by atoms with E-state index in [1.165, 1.54) is 9.71 Å². The van der Waals surface area contributed by atoms with Gasteiger partial charge in [0.2, 0.25) is 0 Å². The average molecular weight is 437 g/mol. The lowest BCUT2D eigenvalue weighted by molar-refractivity contribution is 0.0595. The predicted molar refractivity (Wildman–Crippen MR) is 116 cm³/mol. The molecular formula is C21H22Cl2N2O2S. The molecule has 4 nitrogen and oxygen atoms in total. The van der Waals surface area contributed by atoms with E-state index in [1.807, 2.05) is 6.07 Å². The molecule has 1 N–H and O–H groups in total. The summed E-state index contributed by atoms with van der Waals surface area (Å²) in [4.78, 5) is 7.10. The van der Waals surface area contributed by atoms with E-state index in [2.05, 4.69) is 23.1 Å². The zero-order valence-corrected chi connectivity index (χ0v) is 17.7. The van der Waals surface area contributed by atoms with Gasteiger partial charge in [0.25, 0.3) is 0 Å². The van der Waals surface area contributed by atoms with Gasteiger partial charge in [-0.15, -0.1) is 11.3 Å². The van der Waals surface area contributed by atoms with Crippen molar-refractivity contribution in [2.45, 2.75) is 24.9 Å². The fraction of sp³-hybridized carbons (Fsp3) is 0.381. The van der Waals surface area contributed by atoms with Gasteiger partial charge in [0, 0.05) is 17.5 Å². The second-order valence-corrected chi connectivity index (χ2v) is 9.04. The molecule has 1 aromatic heterocycles. The van der Waals surface area contributed by atoms with Crippen molar-refractivity contribution in [1.29, 1.82) is 0 Å². The second-order valence-electron chi connectivity index (χ2n) is 7.13. The molecule has 1 fully saturated rings. The van der Waals surface area contributed by atoms with Crippen LogP contribution in [0.15, 0.2) is 42.5 Å². The van der Waals surface area contributed by atoms with Crippen molar-refractivity contribution in [3.05, 3.63) is 57.5 Å². The Morgan fingerprint density at radius 2 is 1.96 bits per heavy atom. The van der Waals surface area contributed by atoms with Crippen LogP contribution in [0.2, 0.25) is 10.0 Å². The molecule has 3 aromatic rings. The van der Waals surface area contributed by atoms with Crippen LogP contribution in [0.1, 0.15) is 23.8 Å². The minimum absolute atomic E-state index is 0.207. The van der Waals surface area contributed by atoms with Gasteiger partial charge in [0.05, 0.1) is 20.2 Å². The highest BCUT2D eigenvalue weighted by Gasteiger charge is 2.24. The van der Waals surface area contributed by atoms with Gasteiger partial charge in [-0.05, 0) is 56.3 Å². The van der Waals surface area contributed by atoms with Gasteiger partial charge in [-0.2, -0.15) is 0 Å². The molecule has 4 rings (SSSR count). The average Bonchev–Trinajstić information content (AvgIpc) is 3.12. The number of aromatic nitrogens is 1. The number of likely N-dealkylation sites (tertiary alicyclic amines) is 1.